The molecule has 1 heterocycles. The van der Waals surface area contributed by atoms with E-state index in [1.807, 2.05) is 18.2 Å². The summed E-state index contributed by atoms with van der Waals surface area (Å²) in [6.07, 6.45) is 4.19. The highest BCUT2D eigenvalue weighted by atomic mass is 16.7. The van der Waals surface area contributed by atoms with Gasteiger partial charge in [0.2, 0.25) is 0 Å². The molecule has 1 saturated heterocycles. The number of nitrogens with two attached hydrogens (primary N) is 1. The van der Waals surface area contributed by atoms with Crippen molar-refractivity contribution in [3.63, 3.8) is 0 Å². The van der Waals surface area contributed by atoms with Crippen molar-refractivity contribution in [2.24, 2.45) is 5.73 Å². The van der Waals surface area contributed by atoms with Crippen LogP contribution < -0.4 is 15.2 Å². The molecule has 2 aromatic carbocycles. The third-order valence-corrected chi connectivity index (χ3v) is 5.57. The molecule has 0 aromatic heterocycles. The second kappa shape index (κ2) is 10.1. The first-order valence-electron chi connectivity index (χ1n) is 10.3. The fourth-order valence-electron chi connectivity index (χ4n) is 3.82. The Balaban J connectivity index is 1.55. The van der Waals surface area contributed by atoms with Crippen LogP contribution in [0.2, 0.25) is 0 Å². The highest BCUT2D eigenvalue weighted by Crippen LogP contribution is 2.32. The van der Waals surface area contributed by atoms with E-state index in [0.717, 1.165) is 49.2 Å². The van der Waals surface area contributed by atoms with Crippen LogP contribution in [0.15, 0.2) is 42.5 Å². The summed E-state index contributed by atoms with van der Waals surface area (Å²) in [6.45, 7) is 3.41. The molecule has 1 atom stereocenters. The lowest BCUT2D eigenvalue weighted by atomic mass is 9.95. The topological polar surface area (TPSA) is 62.9 Å². The number of aryl methyl sites for hydroxylation is 2. The molecule has 0 spiro atoms. The third kappa shape index (κ3) is 5.95. The number of benzene rings is 2. The zero-order valence-electron chi connectivity index (χ0n) is 17.8. The largest absolute Gasteiger partial charge is 0.493 e. The van der Waals surface area contributed by atoms with Crippen molar-refractivity contribution in [1.82, 2.24) is 0 Å². The molecule has 1 aliphatic rings. The van der Waals surface area contributed by atoms with E-state index in [2.05, 4.69) is 31.2 Å². The fourth-order valence-corrected chi connectivity index (χ4v) is 3.82. The summed E-state index contributed by atoms with van der Waals surface area (Å²) in [5.41, 5.74) is 10.2. The molecule has 0 amide bonds. The molecule has 0 saturated carbocycles. The zero-order chi connectivity index (χ0) is 20.7. The molecule has 0 bridgehead atoms. The first kappa shape index (κ1) is 21.6. The molecule has 1 unspecified atom stereocenters. The predicted molar refractivity (Wildman–Crippen MR) is 115 cm³/mol. The van der Waals surface area contributed by atoms with Gasteiger partial charge in [0.1, 0.15) is 0 Å². The second-order valence-corrected chi connectivity index (χ2v) is 7.79. The van der Waals surface area contributed by atoms with E-state index in [1.54, 1.807) is 14.2 Å². The van der Waals surface area contributed by atoms with E-state index in [4.69, 9.17) is 24.7 Å². The summed E-state index contributed by atoms with van der Waals surface area (Å²) in [5.74, 6) is 0.946. The lowest BCUT2D eigenvalue weighted by molar-refractivity contribution is -0.167. The minimum atomic E-state index is -0.514. The van der Waals surface area contributed by atoms with Crippen LogP contribution in [0.1, 0.15) is 36.0 Å². The highest BCUT2D eigenvalue weighted by molar-refractivity contribution is 5.43. The van der Waals surface area contributed by atoms with Gasteiger partial charge in [-0.05, 0) is 49.4 Å². The van der Waals surface area contributed by atoms with Crippen molar-refractivity contribution in [2.45, 2.75) is 50.9 Å². The molecule has 2 aromatic rings. The van der Waals surface area contributed by atoms with E-state index in [1.165, 1.54) is 11.1 Å². The van der Waals surface area contributed by atoms with Crippen LogP contribution in [-0.2, 0) is 22.3 Å². The van der Waals surface area contributed by atoms with Gasteiger partial charge in [0.05, 0.1) is 27.4 Å². The van der Waals surface area contributed by atoms with Gasteiger partial charge in [-0.25, -0.2) is 0 Å². The molecule has 0 radical (unpaired) electrons. The van der Waals surface area contributed by atoms with Crippen LogP contribution in [0.3, 0.4) is 0 Å². The van der Waals surface area contributed by atoms with Crippen LogP contribution in [0, 0.1) is 6.92 Å². The molecule has 1 fully saturated rings. The van der Waals surface area contributed by atoms with Gasteiger partial charge < -0.3 is 24.7 Å². The number of methoxy groups -OCH3 is 2. The minimum Gasteiger partial charge on any atom is -0.493 e. The molecular weight excluding hydrogens is 366 g/mol. The predicted octanol–water partition coefficient (Wildman–Crippen LogP) is 4.04. The van der Waals surface area contributed by atoms with E-state index in [-0.39, 0.29) is 6.04 Å². The number of hydrogen-bond acceptors (Lipinski definition) is 5. The molecule has 5 nitrogen and oxygen atoms in total. The number of hydrogen-bond donors (Lipinski definition) is 1. The monoisotopic (exact) mass is 399 g/mol. The summed E-state index contributed by atoms with van der Waals surface area (Å²) in [6, 6.07) is 14.6. The Kier molecular flexibility index (Phi) is 7.53. The van der Waals surface area contributed by atoms with E-state index in [0.29, 0.717) is 13.2 Å². The van der Waals surface area contributed by atoms with Gasteiger partial charge in [0.25, 0.3) is 0 Å². The maximum Gasteiger partial charge on any atom is 0.168 e. The zero-order valence-corrected chi connectivity index (χ0v) is 17.8. The van der Waals surface area contributed by atoms with Crippen molar-refractivity contribution in [3.8, 4) is 11.5 Å². The first-order chi connectivity index (χ1) is 14.0. The van der Waals surface area contributed by atoms with Gasteiger partial charge in [0.15, 0.2) is 17.3 Å². The molecule has 2 N–H and O–H groups in total. The maximum absolute atomic E-state index is 6.45. The SMILES string of the molecule is COc1ccc(CC(N)CCC2(CCc3ccc(C)cc3)OCCO2)cc1OC. The van der Waals surface area contributed by atoms with Gasteiger partial charge in [-0.1, -0.05) is 35.9 Å². The lowest BCUT2D eigenvalue weighted by Gasteiger charge is -2.29. The molecule has 158 valence electrons. The number of ether oxygens (including phenoxy) is 4. The average molecular weight is 400 g/mol. The van der Waals surface area contributed by atoms with Crippen molar-refractivity contribution < 1.29 is 18.9 Å². The Morgan fingerprint density at radius 2 is 1.59 bits per heavy atom. The van der Waals surface area contributed by atoms with Crippen LogP contribution >= 0.6 is 0 Å². The summed E-state index contributed by atoms with van der Waals surface area (Å²) in [5, 5.41) is 0. The molecule has 0 aliphatic carbocycles. The first-order valence-corrected chi connectivity index (χ1v) is 10.3. The van der Waals surface area contributed by atoms with Crippen LogP contribution in [0.5, 0.6) is 11.5 Å². The summed E-state index contributed by atoms with van der Waals surface area (Å²) >= 11 is 0. The van der Waals surface area contributed by atoms with Crippen LogP contribution in [0.4, 0.5) is 0 Å². The minimum absolute atomic E-state index is 0.0251. The van der Waals surface area contributed by atoms with Gasteiger partial charge in [0, 0.05) is 18.9 Å². The Morgan fingerprint density at radius 3 is 2.24 bits per heavy atom. The highest BCUT2D eigenvalue weighted by Gasteiger charge is 2.36. The maximum atomic E-state index is 6.45. The fraction of sp³-hybridized carbons (Fsp3) is 0.500. The molecular formula is C24H33NO4. The molecule has 3 rings (SSSR count). The smallest absolute Gasteiger partial charge is 0.168 e. The Labute approximate surface area is 174 Å². The Hall–Kier alpha value is -2.08. The van der Waals surface area contributed by atoms with Crippen LogP contribution in [-0.4, -0.2) is 39.3 Å². The van der Waals surface area contributed by atoms with E-state index < -0.39 is 5.79 Å². The van der Waals surface area contributed by atoms with Crippen molar-refractivity contribution >= 4 is 0 Å². The molecule has 29 heavy (non-hydrogen) atoms. The van der Waals surface area contributed by atoms with E-state index >= 15 is 0 Å². The van der Waals surface area contributed by atoms with Gasteiger partial charge >= 0.3 is 0 Å². The quantitative estimate of drug-likeness (QED) is 0.653. The van der Waals surface area contributed by atoms with Gasteiger partial charge in [-0.15, -0.1) is 0 Å². The molecule has 1 aliphatic heterocycles. The van der Waals surface area contributed by atoms with Crippen molar-refractivity contribution in [2.75, 3.05) is 27.4 Å². The summed E-state index contributed by atoms with van der Waals surface area (Å²) in [4.78, 5) is 0. The van der Waals surface area contributed by atoms with Crippen molar-refractivity contribution in [3.05, 3.63) is 59.2 Å². The normalized spacial score (nSPS) is 16.6. The van der Waals surface area contributed by atoms with Crippen LogP contribution in [0.25, 0.3) is 0 Å². The number of rotatable bonds is 10. The third-order valence-electron chi connectivity index (χ3n) is 5.57. The standard InChI is InChI=1S/C24H33NO4/c1-18-4-6-19(7-5-18)10-12-24(28-14-15-29-24)13-11-21(25)16-20-8-9-22(26-2)23(17-20)27-3/h4-9,17,21H,10-16,25H2,1-3H3. The molecule has 5 heteroatoms. The Morgan fingerprint density at radius 1 is 0.931 bits per heavy atom. The second-order valence-electron chi connectivity index (χ2n) is 7.79. The van der Waals surface area contributed by atoms with Gasteiger partial charge in [-0.2, -0.15) is 0 Å². The Bertz CT molecular complexity index is 769. The van der Waals surface area contributed by atoms with Crippen molar-refractivity contribution in [1.29, 1.82) is 0 Å². The van der Waals surface area contributed by atoms with E-state index in [9.17, 15) is 0 Å². The lowest BCUT2D eigenvalue weighted by Crippen LogP contribution is -2.34. The van der Waals surface area contributed by atoms with Gasteiger partial charge in [-0.3, -0.25) is 0 Å². The summed E-state index contributed by atoms with van der Waals surface area (Å²) < 4.78 is 22.8. The summed E-state index contributed by atoms with van der Waals surface area (Å²) in [7, 11) is 3.29. The average Bonchev–Trinajstić information content (AvgIpc) is 3.21.